The summed E-state index contributed by atoms with van der Waals surface area (Å²) in [6.07, 6.45) is 2.93. The molecule has 0 aliphatic rings. The van der Waals surface area contributed by atoms with Crippen LogP contribution in [-0.2, 0) is 17.6 Å². The van der Waals surface area contributed by atoms with Crippen LogP contribution in [0.3, 0.4) is 0 Å². The van der Waals surface area contributed by atoms with Gasteiger partial charge in [-0.15, -0.1) is 0 Å². The van der Waals surface area contributed by atoms with E-state index in [1.807, 2.05) is 13.0 Å². The number of aromatic nitrogens is 2. The third-order valence-electron chi connectivity index (χ3n) is 2.48. The second kappa shape index (κ2) is 6.30. The minimum Gasteiger partial charge on any atom is -0.480 e. The first-order valence-electron chi connectivity index (χ1n) is 5.84. The van der Waals surface area contributed by atoms with Gasteiger partial charge in [0.1, 0.15) is 11.9 Å². The molecule has 0 fully saturated rings. The Kier molecular flexibility index (Phi) is 5.03. The van der Waals surface area contributed by atoms with E-state index in [9.17, 15) is 4.79 Å². The first-order valence-corrected chi connectivity index (χ1v) is 5.84. The van der Waals surface area contributed by atoms with Crippen molar-refractivity contribution < 1.29 is 9.90 Å². The fraction of sp³-hybridized carbons (Fsp3) is 0.583. The Morgan fingerprint density at radius 1 is 1.41 bits per heavy atom. The molecule has 0 bridgehead atoms. The van der Waals surface area contributed by atoms with Crippen LogP contribution in [-0.4, -0.2) is 27.1 Å². The number of hydrogen-bond acceptors (Lipinski definition) is 4. The first kappa shape index (κ1) is 13.6. The van der Waals surface area contributed by atoms with Crippen LogP contribution in [0.15, 0.2) is 6.07 Å². The third-order valence-corrected chi connectivity index (χ3v) is 2.48. The van der Waals surface area contributed by atoms with Crippen LogP contribution in [0.2, 0.25) is 0 Å². The number of carbonyl (C=O) groups is 1. The van der Waals surface area contributed by atoms with Crippen molar-refractivity contribution in [1.29, 1.82) is 0 Å². The molecule has 0 saturated carbocycles. The summed E-state index contributed by atoms with van der Waals surface area (Å²) >= 11 is 0. The number of carboxylic acids is 1. The number of aliphatic carboxylic acids is 1. The summed E-state index contributed by atoms with van der Waals surface area (Å²) < 4.78 is 0. The molecule has 0 aromatic carbocycles. The lowest BCUT2D eigenvalue weighted by atomic mass is 10.1. The predicted molar refractivity (Wildman–Crippen MR) is 64.7 cm³/mol. The third kappa shape index (κ3) is 4.48. The van der Waals surface area contributed by atoms with Crippen molar-refractivity contribution in [1.82, 2.24) is 9.97 Å². The van der Waals surface area contributed by atoms with Crippen molar-refractivity contribution >= 4 is 5.97 Å². The largest absolute Gasteiger partial charge is 0.480 e. The summed E-state index contributed by atoms with van der Waals surface area (Å²) in [6.45, 7) is 3.94. The van der Waals surface area contributed by atoms with Gasteiger partial charge in [0, 0.05) is 11.4 Å². The number of nitrogens with two attached hydrogens (primary N) is 1. The van der Waals surface area contributed by atoms with Crippen molar-refractivity contribution in [2.45, 2.75) is 45.6 Å². The van der Waals surface area contributed by atoms with Crippen molar-refractivity contribution in [3.8, 4) is 0 Å². The van der Waals surface area contributed by atoms with Crippen LogP contribution in [0.4, 0.5) is 0 Å². The van der Waals surface area contributed by atoms with Gasteiger partial charge in [-0.2, -0.15) is 0 Å². The van der Waals surface area contributed by atoms with Gasteiger partial charge in [0.15, 0.2) is 0 Å². The maximum absolute atomic E-state index is 10.6. The quantitative estimate of drug-likeness (QED) is 0.772. The molecule has 0 aliphatic heterocycles. The van der Waals surface area contributed by atoms with Gasteiger partial charge in [-0.3, -0.25) is 4.79 Å². The highest BCUT2D eigenvalue weighted by atomic mass is 16.4. The van der Waals surface area contributed by atoms with E-state index in [1.54, 1.807) is 0 Å². The molecular weight excluding hydrogens is 218 g/mol. The van der Waals surface area contributed by atoms with Crippen LogP contribution in [0, 0.1) is 6.92 Å². The Hall–Kier alpha value is -1.49. The van der Waals surface area contributed by atoms with Crippen LogP contribution >= 0.6 is 0 Å². The molecule has 0 spiro atoms. The van der Waals surface area contributed by atoms with Crippen molar-refractivity contribution in [3.05, 3.63) is 23.3 Å². The van der Waals surface area contributed by atoms with Crippen LogP contribution in [0.5, 0.6) is 0 Å². The Balaban J connectivity index is 2.67. The average Bonchev–Trinajstić information content (AvgIpc) is 2.25. The summed E-state index contributed by atoms with van der Waals surface area (Å²) in [5.41, 5.74) is 7.34. The molecule has 1 aromatic rings. The lowest BCUT2D eigenvalue weighted by Crippen LogP contribution is -2.30. The molecular formula is C12H19N3O2. The Morgan fingerprint density at radius 2 is 2.00 bits per heavy atom. The molecule has 1 aromatic heterocycles. The fourth-order valence-electron chi connectivity index (χ4n) is 1.64. The smallest absolute Gasteiger partial charge is 0.320 e. The van der Waals surface area contributed by atoms with Gasteiger partial charge < -0.3 is 10.8 Å². The van der Waals surface area contributed by atoms with E-state index in [0.717, 1.165) is 30.1 Å². The van der Waals surface area contributed by atoms with Crippen molar-refractivity contribution in [3.63, 3.8) is 0 Å². The SMILES string of the molecule is CCCc1cc(CC[C@H](N)C(=O)O)nc(C)n1. The summed E-state index contributed by atoms with van der Waals surface area (Å²) in [6, 6.07) is 1.12. The molecule has 1 rings (SSSR count). The van der Waals surface area contributed by atoms with E-state index >= 15 is 0 Å². The normalized spacial score (nSPS) is 12.4. The molecule has 5 heteroatoms. The van der Waals surface area contributed by atoms with E-state index in [4.69, 9.17) is 10.8 Å². The molecule has 5 nitrogen and oxygen atoms in total. The number of hydrogen-bond donors (Lipinski definition) is 2. The number of rotatable bonds is 6. The molecule has 0 saturated heterocycles. The number of nitrogens with zero attached hydrogens (tertiary/aromatic N) is 2. The summed E-state index contributed by atoms with van der Waals surface area (Å²) in [5.74, 6) is -0.237. The standard InChI is InChI=1S/C12H19N3O2/c1-3-4-9-7-10(15-8(2)14-9)5-6-11(13)12(16)17/h7,11H,3-6,13H2,1-2H3,(H,16,17)/t11-/m0/s1. The lowest BCUT2D eigenvalue weighted by Gasteiger charge is -2.07. The van der Waals surface area contributed by atoms with Gasteiger partial charge in [0.25, 0.3) is 0 Å². The molecule has 0 amide bonds. The summed E-state index contributed by atoms with van der Waals surface area (Å²) in [4.78, 5) is 19.2. The molecule has 0 radical (unpaired) electrons. The monoisotopic (exact) mass is 237 g/mol. The van der Waals surface area contributed by atoms with Crippen LogP contribution < -0.4 is 5.73 Å². The molecule has 0 aliphatic carbocycles. The first-order chi connectivity index (χ1) is 8.02. The minimum absolute atomic E-state index is 0.400. The Bertz CT molecular complexity index is 393. The van der Waals surface area contributed by atoms with Crippen molar-refractivity contribution in [2.24, 2.45) is 5.73 Å². The number of aryl methyl sites for hydroxylation is 3. The summed E-state index contributed by atoms with van der Waals surface area (Å²) in [7, 11) is 0. The summed E-state index contributed by atoms with van der Waals surface area (Å²) in [5, 5.41) is 8.70. The zero-order valence-electron chi connectivity index (χ0n) is 10.3. The zero-order chi connectivity index (χ0) is 12.8. The van der Waals surface area contributed by atoms with Crippen LogP contribution in [0.1, 0.15) is 37.0 Å². The number of carboxylic acid groups (broad SMARTS) is 1. The van der Waals surface area contributed by atoms with Gasteiger partial charge >= 0.3 is 5.97 Å². The van der Waals surface area contributed by atoms with Gasteiger partial charge in [-0.25, -0.2) is 9.97 Å². The second-order valence-electron chi connectivity index (χ2n) is 4.13. The minimum atomic E-state index is -0.968. The predicted octanol–water partition coefficient (Wildman–Crippen LogP) is 1.08. The van der Waals surface area contributed by atoms with E-state index in [1.165, 1.54) is 0 Å². The highest BCUT2D eigenvalue weighted by Gasteiger charge is 2.12. The van der Waals surface area contributed by atoms with Gasteiger partial charge in [0.2, 0.25) is 0 Å². The topological polar surface area (TPSA) is 89.1 Å². The maximum atomic E-state index is 10.6. The fourth-order valence-corrected chi connectivity index (χ4v) is 1.64. The van der Waals surface area contributed by atoms with Gasteiger partial charge in [-0.05, 0) is 32.3 Å². The molecule has 94 valence electrons. The molecule has 3 N–H and O–H groups in total. The van der Waals surface area contributed by atoms with E-state index < -0.39 is 12.0 Å². The van der Waals surface area contributed by atoms with E-state index in [0.29, 0.717) is 12.8 Å². The Labute approximate surface area is 101 Å². The molecule has 1 atom stereocenters. The highest BCUT2D eigenvalue weighted by Crippen LogP contribution is 2.07. The van der Waals surface area contributed by atoms with Crippen molar-refractivity contribution in [2.75, 3.05) is 0 Å². The average molecular weight is 237 g/mol. The van der Waals surface area contributed by atoms with Gasteiger partial charge in [0.05, 0.1) is 0 Å². The molecule has 0 unspecified atom stereocenters. The van der Waals surface area contributed by atoms with E-state index in [2.05, 4.69) is 16.9 Å². The zero-order valence-corrected chi connectivity index (χ0v) is 10.3. The molecule has 1 heterocycles. The maximum Gasteiger partial charge on any atom is 0.320 e. The highest BCUT2D eigenvalue weighted by molar-refractivity contribution is 5.72. The Morgan fingerprint density at radius 3 is 2.53 bits per heavy atom. The second-order valence-corrected chi connectivity index (χ2v) is 4.13. The lowest BCUT2D eigenvalue weighted by molar-refractivity contribution is -0.138. The van der Waals surface area contributed by atoms with Gasteiger partial charge in [-0.1, -0.05) is 13.3 Å². The van der Waals surface area contributed by atoms with E-state index in [-0.39, 0.29) is 0 Å². The van der Waals surface area contributed by atoms with Crippen LogP contribution in [0.25, 0.3) is 0 Å². The molecule has 17 heavy (non-hydrogen) atoms.